The molecule has 0 spiro atoms. The van der Waals surface area contributed by atoms with E-state index in [0.29, 0.717) is 36.5 Å². The Kier molecular flexibility index (Phi) is 3.97. The predicted octanol–water partition coefficient (Wildman–Crippen LogP) is 3.82. The van der Waals surface area contributed by atoms with Crippen molar-refractivity contribution in [1.29, 1.82) is 0 Å². The molecule has 28 heavy (non-hydrogen) atoms. The summed E-state index contributed by atoms with van der Waals surface area (Å²) in [6.07, 6.45) is 4.81. The maximum atomic E-state index is 12.5. The van der Waals surface area contributed by atoms with Gasteiger partial charge in [0.05, 0.1) is 29.5 Å². The smallest absolute Gasteiger partial charge is 0.167 e. The first-order valence-corrected chi connectivity index (χ1v) is 9.31. The van der Waals surface area contributed by atoms with Crippen LogP contribution in [0.15, 0.2) is 53.3 Å². The zero-order valence-electron chi connectivity index (χ0n) is 15.4. The molecule has 0 N–H and O–H groups in total. The molecule has 0 fully saturated rings. The van der Waals surface area contributed by atoms with Gasteiger partial charge in [0, 0.05) is 36.0 Å². The lowest BCUT2D eigenvalue weighted by molar-refractivity contribution is 0.0958. The predicted molar refractivity (Wildman–Crippen MR) is 103 cm³/mol. The van der Waals surface area contributed by atoms with Crippen molar-refractivity contribution >= 4 is 16.7 Å². The van der Waals surface area contributed by atoms with Gasteiger partial charge in [-0.2, -0.15) is 0 Å². The molecule has 1 aliphatic carbocycles. The molecule has 4 aromatic rings. The number of Topliss-reactive ketones (excluding diaryl/α,β-unsaturated/α-hetero) is 1. The lowest BCUT2D eigenvalue weighted by Gasteiger charge is -2.21. The Labute approximate surface area is 161 Å². The van der Waals surface area contributed by atoms with Gasteiger partial charge < -0.3 is 4.42 Å². The van der Waals surface area contributed by atoms with Crippen LogP contribution < -0.4 is 0 Å². The molecule has 1 atom stereocenters. The summed E-state index contributed by atoms with van der Waals surface area (Å²) in [6, 6.07) is 11.7. The molecule has 1 unspecified atom stereocenters. The summed E-state index contributed by atoms with van der Waals surface area (Å²) in [6.45, 7) is 1.98. The zero-order chi connectivity index (χ0) is 19.1. The minimum absolute atomic E-state index is 0.0249. The van der Waals surface area contributed by atoms with E-state index in [-0.39, 0.29) is 11.7 Å². The van der Waals surface area contributed by atoms with Crippen LogP contribution in [0.2, 0.25) is 0 Å². The van der Waals surface area contributed by atoms with Gasteiger partial charge in [-0.15, -0.1) is 0 Å². The average Bonchev–Trinajstić information content (AvgIpc) is 3.23. The highest BCUT2D eigenvalue weighted by molar-refractivity contribution is 5.98. The van der Waals surface area contributed by atoms with Gasteiger partial charge in [-0.05, 0) is 25.1 Å². The minimum Gasteiger partial charge on any atom is -0.469 e. The van der Waals surface area contributed by atoms with Crippen molar-refractivity contribution in [3.05, 3.63) is 83.2 Å². The van der Waals surface area contributed by atoms with Crippen LogP contribution in [0.25, 0.3) is 10.9 Å². The van der Waals surface area contributed by atoms with E-state index >= 15 is 0 Å². The molecule has 0 amide bonds. The van der Waals surface area contributed by atoms with Crippen molar-refractivity contribution < 1.29 is 9.21 Å². The summed E-state index contributed by atoms with van der Waals surface area (Å²) in [5.74, 6) is 2.22. The molecule has 0 saturated heterocycles. The molecule has 0 bridgehead atoms. The molecule has 0 aliphatic heterocycles. The molecule has 138 valence electrons. The summed E-state index contributed by atoms with van der Waals surface area (Å²) in [4.78, 5) is 30.8. The summed E-state index contributed by atoms with van der Waals surface area (Å²) >= 11 is 0. The van der Waals surface area contributed by atoms with E-state index in [2.05, 4.69) is 19.9 Å². The van der Waals surface area contributed by atoms with Gasteiger partial charge in [-0.1, -0.05) is 18.2 Å². The second-order valence-corrected chi connectivity index (χ2v) is 7.11. The van der Waals surface area contributed by atoms with Gasteiger partial charge in [0.1, 0.15) is 17.4 Å². The third-order valence-electron chi connectivity index (χ3n) is 5.19. The Morgan fingerprint density at radius 2 is 1.93 bits per heavy atom. The van der Waals surface area contributed by atoms with Gasteiger partial charge >= 0.3 is 0 Å². The van der Waals surface area contributed by atoms with Gasteiger partial charge in [0.15, 0.2) is 5.78 Å². The van der Waals surface area contributed by atoms with E-state index in [1.54, 1.807) is 12.5 Å². The van der Waals surface area contributed by atoms with Crippen molar-refractivity contribution in [1.82, 2.24) is 19.9 Å². The van der Waals surface area contributed by atoms with E-state index in [0.717, 1.165) is 28.1 Å². The first-order chi connectivity index (χ1) is 13.7. The van der Waals surface area contributed by atoms with E-state index in [1.807, 2.05) is 43.3 Å². The van der Waals surface area contributed by atoms with Crippen molar-refractivity contribution in [2.45, 2.75) is 32.1 Å². The van der Waals surface area contributed by atoms with Crippen LogP contribution in [0.4, 0.5) is 0 Å². The normalized spacial score (nSPS) is 16.3. The number of hydrogen-bond donors (Lipinski definition) is 0. The number of para-hydroxylation sites is 1. The maximum absolute atomic E-state index is 12.5. The topological polar surface area (TPSA) is 81.8 Å². The van der Waals surface area contributed by atoms with Crippen molar-refractivity contribution in [3.63, 3.8) is 0 Å². The largest absolute Gasteiger partial charge is 0.469 e. The van der Waals surface area contributed by atoms with E-state index in [1.165, 1.54) is 0 Å². The molecule has 6 nitrogen and oxygen atoms in total. The summed E-state index contributed by atoms with van der Waals surface area (Å²) < 4.78 is 5.50. The van der Waals surface area contributed by atoms with E-state index in [9.17, 15) is 4.79 Å². The summed E-state index contributed by atoms with van der Waals surface area (Å²) in [7, 11) is 0. The van der Waals surface area contributed by atoms with Gasteiger partial charge in [-0.25, -0.2) is 19.9 Å². The third kappa shape index (κ3) is 2.97. The number of carbonyl (C=O) groups is 1. The van der Waals surface area contributed by atoms with Gasteiger partial charge in [0.25, 0.3) is 0 Å². The van der Waals surface area contributed by atoms with E-state index < -0.39 is 0 Å². The molecule has 5 rings (SSSR count). The highest BCUT2D eigenvalue weighted by Crippen LogP contribution is 2.31. The van der Waals surface area contributed by atoms with Crippen LogP contribution in [-0.2, 0) is 12.8 Å². The van der Waals surface area contributed by atoms with Crippen molar-refractivity contribution in [3.8, 4) is 0 Å². The van der Waals surface area contributed by atoms with Crippen molar-refractivity contribution in [2.24, 2.45) is 0 Å². The number of aryl methyl sites for hydroxylation is 1. The monoisotopic (exact) mass is 370 g/mol. The Morgan fingerprint density at radius 1 is 1.04 bits per heavy atom. The number of nitrogens with zero attached hydrogens (tertiary/aromatic N) is 4. The number of rotatable bonds is 3. The molecular weight excluding hydrogens is 352 g/mol. The van der Waals surface area contributed by atoms with E-state index in [4.69, 9.17) is 4.42 Å². The molecule has 1 aromatic carbocycles. The first-order valence-electron chi connectivity index (χ1n) is 9.31. The minimum atomic E-state index is 0.0249. The van der Waals surface area contributed by atoms with Crippen LogP contribution in [0, 0.1) is 6.92 Å². The molecule has 3 aromatic heterocycles. The number of furan rings is 1. The molecular formula is C22H18N4O2. The van der Waals surface area contributed by atoms with Crippen LogP contribution in [0.5, 0.6) is 0 Å². The van der Waals surface area contributed by atoms with Gasteiger partial charge in [-0.3, -0.25) is 4.79 Å². The second-order valence-electron chi connectivity index (χ2n) is 7.11. The summed E-state index contributed by atoms with van der Waals surface area (Å²) in [5, 5.41) is 1.05. The first kappa shape index (κ1) is 16.7. The quantitative estimate of drug-likeness (QED) is 0.545. The Balaban J connectivity index is 1.46. The number of ketones is 1. The van der Waals surface area contributed by atoms with Crippen LogP contribution in [0.1, 0.15) is 51.5 Å². The fraction of sp³-hybridized carbons (Fsp3) is 0.227. The number of hydrogen-bond acceptors (Lipinski definition) is 6. The Morgan fingerprint density at radius 3 is 2.79 bits per heavy atom. The highest BCUT2D eigenvalue weighted by Gasteiger charge is 2.29. The molecule has 1 aliphatic rings. The number of benzene rings is 1. The number of fused-ring (bicyclic) bond motifs is 2. The molecule has 3 heterocycles. The standard InChI is InChI=1S/C22H18N4O2/c1-13-15-5-2-3-6-17(15)25-22(24-13)11-21-23-12-16-18(26-21)9-14(10-19(16)27)20-7-4-8-28-20/h2-8,12,14H,9-11H2,1H3. The molecule has 6 heteroatoms. The van der Waals surface area contributed by atoms with Crippen molar-refractivity contribution in [2.75, 3.05) is 0 Å². The average molecular weight is 370 g/mol. The maximum Gasteiger partial charge on any atom is 0.167 e. The highest BCUT2D eigenvalue weighted by atomic mass is 16.3. The fourth-order valence-corrected chi connectivity index (χ4v) is 3.81. The molecule has 0 radical (unpaired) electrons. The number of aromatic nitrogens is 4. The number of carbonyl (C=O) groups excluding carboxylic acids is 1. The van der Waals surface area contributed by atoms with Gasteiger partial charge in [0.2, 0.25) is 0 Å². The van der Waals surface area contributed by atoms with Crippen LogP contribution in [0.3, 0.4) is 0 Å². The van der Waals surface area contributed by atoms with Crippen LogP contribution >= 0.6 is 0 Å². The van der Waals surface area contributed by atoms with Crippen LogP contribution in [-0.4, -0.2) is 25.7 Å². The molecule has 0 saturated carbocycles. The lowest BCUT2D eigenvalue weighted by Crippen LogP contribution is -2.21. The Bertz CT molecular complexity index is 1180. The third-order valence-corrected chi connectivity index (χ3v) is 5.19. The SMILES string of the molecule is Cc1nc(Cc2ncc3c(n2)CC(c2ccco2)CC3=O)nc2ccccc12. The zero-order valence-corrected chi connectivity index (χ0v) is 15.4. The fourth-order valence-electron chi connectivity index (χ4n) is 3.81. The summed E-state index contributed by atoms with van der Waals surface area (Å²) in [5.41, 5.74) is 3.24. The second kappa shape index (κ2) is 6.64. The Hall–Kier alpha value is -3.41. The lowest BCUT2D eigenvalue weighted by atomic mass is 9.85.